The van der Waals surface area contributed by atoms with Gasteiger partial charge in [-0.15, -0.1) is 10.2 Å². The number of nitrogens with two attached hydrogens (primary N) is 1. The van der Waals surface area contributed by atoms with Crippen molar-refractivity contribution in [1.29, 1.82) is 5.41 Å². The Hall–Kier alpha value is -4.48. The van der Waals surface area contributed by atoms with Gasteiger partial charge in [0.25, 0.3) is 5.88 Å². The number of hydrogen-bond acceptors (Lipinski definition) is 9. The fourth-order valence-corrected chi connectivity index (χ4v) is 3.97. The van der Waals surface area contributed by atoms with E-state index in [4.69, 9.17) is 25.6 Å². The molecule has 0 saturated carbocycles. The Labute approximate surface area is 205 Å². The van der Waals surface area contributed by atoms with Crippen molar-refractivity contribution in [2.75, 3.05) is 26.4 Å². The Morgan fingerprint density at radius 3 is 2.25 bits per heavy atom. The molecule has 0 bridgehead atoms. The van der Waals surface area contributed by atoms with Gasteiger partial charge in [0.1, 0.15) is 13.2 Å². The standard InChI is InChI=1S/C25H25N7O4/c26-18-15-19(27)20(28-23-22-6-2-4-8-32(22)30-25(23)36-12-10-34)14-16(18)13-17-21-5-1-3-7-31(21)29-24(17)35-11-9-33/h1-8,14-15,27,33-34H,9-13,26H2. The summed E-state index contributed by atoms with van der Waals surface area (Å²) in [7, 11) is 0. The first-order valence-corrected chi connectivity index (χ1v) is 11.4. The summed E-state index contributed by atoms with van der Waals surface area (Å²) < 4.78 is 14.7. The topological polar surface area (TPSA) is 156 Å². The van der Waals surface area contributed by atoms with Crippen LogP contribution in [0.15, 0.2) is 77.2 Å². The first-order valence-electron chi connectivity index (χ1n) is 11.4. The largest absolute Gasteiger partial charge is 0.474 e. The van der Waals surface area contributed by atoms with Crippen LogP contribution in [0.5, 0.6) is 11.8 Å². The van der Waals surface area contributed by atoms with Gasteiger partial charge in [-0.25, -0.2) is 14.0 Å². The van der Waals surface area contributed by atoms with Crippen LogP contribution in [-0.2, 0) is 6.42 Å². The average Bonchev–Trinajstić information content (AvgIpc) is 3.42. The molecule has 0 spiro atoms. The van der Waals surface area contributed by atoms with Crippen LogP contribution < -0.4 is 15.2 Å². The van der Waals surface area contributed by atoms with Crippen LogP contribution in [0.2, 0.25) is 0 Å². The predicted molar refractivity (Wildman–Crippen MR) is 134 cm³/mol. The molecular weight excluding hydrogens is 462 g/mol. The van der Waals surface area contributed by atoms with E-state index < -0.39 is 0 Å². The molecule has 5 N–H and O–H groups in total. The van der Waals surface area contributed by atoms with Crippen LogP contribution in [0, 0.1) is 5.41 Å². The third-order valence-electron chi connectivity index (χ3n) is 5.61. The molecule has 0 atom stereocenters. The number of allylic oxidation sites excluding steroid dienone is 3. The Balaban J connectivity index is 1.56. The van der Waals surface area contributed by atoms with Crippen LogP contribution >= 0.6 is 0 Å². The third-order valence-corrected chi connectivity index (χ3v) is 5.61. The maximum absolute atomic E-state index is 9.22. The summed E-state index contributed by atoms with van der Waals surface area (Å²) in [6.07, 6.45) is 7.30. The molecule has 0 amide bonds. The summed E-state index contributed by atoms with van der Waals surface area (Å²) in [5.41, 5.74) is 10.9. The molecule has 0 radical (unpaired) electrons. The van der Waals surface area contributed by atoms with E-state index in [2.05, 4.69) is 10.2 Å². The van der Waals surface area contributed by atoms with Gasteiger partial charge < -0.3 is 25.4 Å². The van der Waals surface area contributed by atoms with Gasteiger partial charge in [0.2, 0.25) is 5.88 Å². The molecule has 11 heteroatoms. The molecule has 36 heavy (non-hydrogen) atoms. The van der Waals surface area contributed by atoms with Gasteiger partial charge >= 0.3 is 0 Å². The Morgan fingerprint density at radius 2 is 1.53 bits per heavy atom. The molecule has 4 heterocycles. The van der Waals surface area contributed by atoms with E-state index >= 15 is 0 Å². The van der Waals surface area contributed by atoms with E-state index in [-0.39, 0.29) is 38.0 Å². The second kappa shape index (κ2) is 10.0. The van der Waals surface area contributed by atoms with E-state index in [1.807, 2.05) is 42.6 Å². The number of ether oxygens (including phenoxy) is 2. The predicted octanol–water partition coefficient (Wildman–Crippen LogP) is 1.84. The number of hydrogen-bond donors (Lipinski definition) is 4. The zero-order chi connectivity index (χ0) is 25.1. The minimum atomic E-state index is -0.163. The van der Waals surface area contributed by atoms with E-state index in [0.29, 0.717) is 34.9 Å². The molecule has 0 saturated heterocycles. The monoisotopic (exact) mass is 487 g/mol. The van der Waals surface area contributed by atoms with Crippen molar-refractivity contribution < 1.29 is 19.7 Å². The quantitative estimate of drug-likeness (QED) is 0.263. The van der Waals surface area contributed by atoms with E-state index in [0.717, 1.165) is 16.7 Å². The summed E-state index contributed by atoms with van der Waals surface area (Å²) in [6.45, 7) is -0.113. The Morgan fingerprint density at radius 1 is 0.889 bits per heavy atom. The average molecular weight is 488 g/mol. The van der Waals surface area contributed by atoms with E-state index in [1.54, 1.807) is 27.4 Å². The molecule has 0 aromatic carbocycles. The zero-order valence-corrected chi connectivity index (χ0v) is 19.3. The molecule has 4 aromatic heterocycles. The van der Waals surface area contributed by atoms with Crippen molar-refractivity contribution in [3.63, 3.8) is 0 Å². The number of aliphatic hydroxyl groups is 2. The maximum Gasteiger partial charge on any atom is 0.260 e. The number of aliphatic hydroxyl groups excluding tert-OH is 2. The fraction of sp³-hybridized carbons (Fsp3) is 0.200. The van der Waals surface area contributed by atoms with Gasteiger partial charge in [-0.1, -0.05) is 12.1 Å². The number of rotatable bonds is 9. The molecule has 4 aromatic rings. The number of fused-ring (bicyclic) bond motifs is 2. The molecule has 184 valence electrons. The van der Waals surface area contributed by atoms with Gasteiger partial charge in [-0.2, -0.15) is 0 Å². The van der Waals surface area contributed by atoms with Crippen LogP contribution in [0.3, 0.4) is 0 Å². The highest BCUT2D eigenvalue weighted by Crippen LogP contribution is 2.33. The van der Waals surface area contributed by atoms with Crippen LogP contribution in [-0.4, -0.2) is 67.3 Å². The van der Waals surface area contributed by atoms with Crippen LogP contribution in [0.25, 0.3) is 11.0 Å². The highest BCUT2D eigenvalue weighted by Gasteiger charge is 2.22. The number of nitrogens with one attached hydrogen (secondary N) is 1. The van der Waals surface area contributed by atoms with Crippen LogP contribution in [0.4, 0.5) is 5.69 Å². The van der Waals surface area contributed by atoms with Crippen molar-refractivity contribution >= 4 is 28.1 Å². The number of pyridine rings is 2. The minimum Gasteiger partial charge on any atom is -0.474 e. The van der Waals surface area contributed by atoms with Gasteiger partial charge in [-0.3, -0.25) is 5.41 Å². The Kier molecular flexibility index (Phi) is 6.48. The van der Waals surface area contributed by atoms with Crippen molar-refractivity contribution in [2.24, 2.45) is 10.7 Å². The van der Waals surface area contributed by atoms with E-state index in [9.17, 15) is 10.2 Å². The van der Waals surface area contributed by atoms with Gasteiger partial charge in [0.15, 0.2) is 5.69 Å². The van der Waals surface area contributed by atoms with Crippen molar-refractivity contribution in [3.05, 3.63) is 77.8 Å². The number of aliphatic imine (C=N–C) groups is 1. The molecule has 0 unspecified atom stereocenters. The minimum absolute atomic E-state index is 0.0679. The molecule has 11 nitrogen and oxygen atoms in total. The lowest BCUT2D eigenvalue weighted by atomic mass is 9.95. The SMILES string of the molecule is N=C1C=C(N)C(Cc2c(OCCO)nn3ccccc23)=CC1=Nc1c(OCCO)nn2ccccc12. The fourth-order valence-electron chi connectivity index (χ4n) is 3.97. The summed E-state index contributed by atoms with van der Waals surface area (Å²) in [5, 5.41) is 35.8. The summed E-state index contributed by atoms with van der Waals surface area (Å²) in [5.74, 6) is 0.667. The summed E-state index contributed by atoms with van der Waals surface area (Å²) in [4.78, 5) is 4.73. The van der Waals surface area contributed by atoms with Crippen molar-refractivity contribution in [1.82, 2.24) is 19.2 Å². The molecule has 0 fully saturated rings. The first-order chi connectivity index (χ1) is 17.6. The second-order valence-electron chi connectivity index (χ2n) is 8.00. The van der Waals surface area contributed by atoms with Gasteiger partial charge in [-0.05, 0) is 42.0 Å². The van der Waals surface area contributed by atoms with Crippen LogP contribution in [0.1, 0.15) is 5.56 Å². The van der Waals surface area contributed by atoms with Crippen molar-refractivity contribution in [2.45, 2.75) is 6.42 Å². The lowest BCUT2D eigenvalue weighted by Gasteiger charge is -2.15. The number of aromatic nitrogens is 4. The molecule has 1 aliphatic rings. The first kappa shape index (κ1) is 23.3. The normalized spacial score (nSPS) is 14.9. The lowest BCUT2D eigenvalue weighted by molar-refractivity contribution is 0.195. The summed E-state index contributed by atoms with van der Waals surface area (Å²) >= 11 is 0. The Bertz CT molecular complexity index is 1530. The van der Waals surface area contributed by atoms with E-state index in [1.165, 1.54) is 0 Å². The van der Waals surface area contributed by atoms with Gasteiger partial charge in [0, 0.05) is 30.1 Å². The number of nitrogens with zero attached hydrogens (tertiary/aromatic N) is 5. The highest BCUT2D eigenvalue weighted by molar-refractivity contribution is 6.50. The van der Waals surface area contributed by atoms with Gasteiger partial charge in [0.05, 0.1) is 35.7 Å². The molecule has 5 rings (SSSR count). The highest BCUT2D eigenvalue weighted by atomic mass is 16.5. The lowest BCUT2D eigenvalue weighted by Crippen LogP contribution is -2.19. The molecular formula is C25H25N7O4. The maximum atomic E-state index is 9.22. The zero-order valence-electron chi connectivity index (χ0n) is 19.3. The summed E-state index contributed by atoms with van der Waals surface area (Å²) in [6, 6.07) is 11.3. The third kappa shape index (κ3) is 4.44. The molecule has 1 aliphatic carbocycles. The van der Waals surface area contributed by atoms with Crippen molar-refractivity contribution in [3.8, 4) is 11.8 Å². The second-order valence-corrected chi connectivity index (χ2v) is 8.00. The molecule has 0 aliphatic heterocycles. The smallest absolute Gasteiger partial charge is 0.260 e.